The molecular weight excluding hydrogens is 336 g/mol. The highest BCUT2D eigenvalue weighted by Crippen LogP contribution is 2.33. The SMILES string of the molecule is Oc1cc(C(O)CCc2ccc(Cl)cc2)ccc1Oc1ccccc1. The van der Waals surface area contributed by atoms with Crippen LogP contribution in [-0.4, -0.2) is 10.2 Å². The normalized spacial score (nSPS) is 11.9. The third-order valence-electron chi connectivity index (χ3n) is 3.96. The van der Waals surface area contributed by atoms with Crippen LogP contribution in [0.1, 0.15) is 23.7 Å². The molecule has 1 atom stereocenters. The van der Waals surface area contributed by atoms with Gasteiger partial charge in [-0.05, 0) is 60.4 Å². The molecule has 0 aliphatic rings. The van der Waals surface area contributed by atoms with Crippen LogP contribution in [0.5, 0.6) is 17.2 Å². The lowest BCUT2D eigenvalue weighted by molar-refractivity contribution is 0.167. The summed E-state index contributed by atoms with van der Waals surface area (Å²) < 4.78 is 5.64. The van der Waals surface area contributed by atoms with E-state index in [-0.39, 0.29) is 5.75 Å². The first-order valence-electron chi connectivity index (χ1n) is 8.10. The number of hydrogen-bond acceptors (Lipinski definition) is 3. The Hall–Kier alpha value is -2.49. The molecule has 0 aromatic heterocycles. The molecule has 0 saturated heterocycles. The second-order valence-electron chi connectivity index (χ2n) is 5.82. The predicted molar refractivity (Wildman–Crippen MR) is 99.4 cm³/mol. The molecule has 0 heterocycles. The topological polar surface area (TPSA) is 49.7 Å². The number of aliphatic hydroxyl groups is 1. The molecule has 0 aliphatic carbocycles. The third kappa shape index (κ3) is 4.75. The Morgan fingerprint density at radius 3 is 2.32 bits per heavy atom. The second kappa shape index (κ2) is 8.06. The van der Waals surface area contributed by atoms with E-state index in [0.717, 1.165) is 12.0 Å². The van der Waals surface area contributed by atoms with Gasteiger partial charge in [-0.15, -0.1) is 0 Å². The molecule has 4 heteroatoms. The Morgan fingerprint density at radius 1 is 0.920 bits per heavy atom. The number of ether oxygens (including phenoxy) is 1. The molecule has 0 aliphatic heterocycles. The molecule has 128 valence electrons. The van der Waals surface area contributed by atoms with Gasteiger partial charge in [-0.1, -0.05) is 48.0 Å². The number of aryl methyl sites for hydroxylation is 1. The van der Waals surface area contributed by atoms with E-state index in [2.05, 4.69) is 0 Å². The number of halogens is 1. The van der Waals surface area contributed by atoms with Gasteiger partial charge in [-0.25, -0.2) is 0 Å². The van der Waals surface area contributed by atoms with E-state index in [4.69, 9.17) is 16.3 Å². The molecule has 3 aromatic rings. The quantitative estimate of drug-likeness (QED) is 0.614. The van der Waals surface area contributed by atoms with Crippen molar-refractivity contribution in [2.24, 2.45) is 0 Å². The van der Waals surface area contributed by atoms with Gasteiger partial charge in [0.25, 0.3) is 0 Å². The minimum atomic E-state index is -0.660. The Bertz CT molecular complexity index is 816. The summed E-state index contributed by atoms with van der Waals surface area (Å²) in [7, 11) is 0. The summed E-state index contributed by atoms with van der Waals surface area (Å²) in [4.78, 5) is 0. The van der Waals surface area contributed by atoms with Gasteiger partial charge in [0.15, 0.2) is 11.5 Å². The maximum atomic E-state index is 10.4. The Balaban J connectivity index is 1.64. The van der Waals surface area contributed by atoms with E-state index in [9.17, 15) is 10.2 Å². The van der Waals surface area contributed by atoms with E-state index >= 15 is 0 Å². The Labute approximate surface area is 152 Å². The molecule has 0 bridgehead atoms. The molecule has 3 rings (SSSR count). The number of aliphatic hydroxyl groups excluding tert-OH is 1. The van der Waals surface area contributed by atoms with Gasteiger partial charge in [0, 0.05) is 5.02 Å². The first-order valence-corrected chi connectivity index (χ1v) is 8.48. The van der Waals surface area contributed by atoms with Gasteiger partial charge in [0.2, 0.25) is 0 Å². The highest BCUT2D eigenvalue weighted by atomic mass is 35.5. The summed E-state index contributed by atoms with van der Waals surface area (Å²) in [5.41, 5.74) is 1.77. The second-order valence-corrected chi connectivity index (χ2v) is 6.26. The smallest absolute Gasteiger partial charge is 0.169 e. The highest BCUT2D eigenvalue weighted by molar-refractivity contribution is 6.30. The Kier molecular flexibility index (Phi) is 5.59. The summed E-state index contributed by atoms with van der Waals surface area (Å²) >= 11 is 5.87. The van der Waals surface area contributed by atoms with Crippen LogP contribution in [-0.2, 0) is 6.42 Å². The molecule has 2 N–H and O–H groups in total. The van der Waals surface area contributed by atoms with Crippen molar-refractivity contribution in [2.75, 3.05) is 0 Å². The summed E-state index contributed by atoms with van der Waals surface area (Å²) in [5, 5.41) is 21.2. The maximum absolute atomic E-state index is 10.4. The van der Waals surface area contributed by atoms with Crippen LogP contribution in [0.2, 0.25) is 5.02 Å². The van der Waals surface area contributed by atoms with Crippen molar-refractivity contribution in [1.82, 2.24) is 0 Å². The van der Waals surface area contributed by atoms with Gasteiger partial charge < -0.3 is 14.9 Å². The predicted octanol–water partition coefficient (Wildman–Crippen LogP) is 5.50. The van der Waals surface area contributed by atoms with E-state index in [0.29, 0.717) is 28.5 Å². The molecular formula is C21H19ClO3. The van der Waals surface area contributed by atoms with Crippen LogP contribution in [0.4, 0.5) is 0 Å². The molecule has 25 heavy (non-hydrogen) atoms. The van der Waals surface area contributed by atoms with Gasteiger partial charge in [-0.2, -0.15) is 0 Å². The summed E-state index contributed by atoms with van der Waals surface area (Å²) in [6.07, 6.45) is 0.619. The van der Waals surface area contributed by atoms with Crippen molar-refractivity contribution in [3.8, 4) is 17.2 Å². The van der Waals surface area contributed by atoms with Crippen molar-refractivity contribution in [2.45, 2.75) is 18.9 Å². The lowest BCUT2D eigenvalue weighted by Crippen LogP contribution is -2.00. The zero-order chi connectivity index (χ0) is 17.6. The van der Waals surface area contributed by atoms with Crippen molar-refractivity contribution in [3.05, 3.63) is 88.9 Å². The summed E-state index contributed by atoms with van der Waals surface area (Å²) in [5.74, 6) is 1.01. The number of benzene rings is 3. The minimum absolute atomic E-state index is 0.00639. The van der Waals surface area contributed by atoms with Gasteiger partial charge in [0.1, 0.15) is 5.75 Å². The number of hydrogen-bond donors (Lipinski definition) is 2. The largest absolute Gasteiger partial charge is 0.504 e. The van der Waals surface area contributed by atoms with Crippen LogP contribution in [0.3, 0.4) is 0 Å². The first-order chi connectivity index (χ1) is 12.1. The molecule has 0 amide bonds. The molecule has 0 spiro atoms. The minimum Gasteiger partial charge on any atom is -0.504 e. The van der Waals surface area contributed by atoms with Crippen molar-refractivity contribution in [3.63, 3.8) is 0 Å². The fourth-order valence-corrected chi connectivity index (χ4v) is 2.69. The Morgan fingerprint density at radius 2 is 1.64 bits per heavy atom. The molecule has 0 saturated carbocycles. The number of para-hydroxylation sites is 1. The first kappa shape index (κ1) is 17.3. The third-order valence-corrected chi connectivity index (χ3v) is 4.21. The lowest BCUT2D eigenvalue weighted by Gasteiger charge is -2.13. The van der Waals surface area contributed by atoms with Crippen molar-refractivity contribution >= 4 is 11.6 Å². The average molecular weight is 355 g/mol. The van der Waals surface area contributed by atoms with E-state index in [1.165, 1.54) is 0 Å². The molecule has 3 nitrogen and oxygen atoms in total. The molecule has 0 fully saturated rings. The fraction of sp³-hybridized carbons (Fsp3) is 0.143. The fourth-order valence-electron chi connectivity index (χ4n) is 2.56. The monoisotopic (exact) mass is 354 g/mol. The van der Waals surface area contributed by atoms with E-state index in [1.807, 2.05) is 54.6 Å². The standard InChI is InChI=1S/C21H19ClO3/c22-17-10-6-15(7-11-17)8-12-19(23)16-9-13-21(20(24)14-16)25-18-4-2-1-3-5-18/h1-7,9-11,13-14,19,23-24H,8,12H2. The van der Waals surface area contributed by atoms with Crippen LogP contribution < -0.4 is 4.74 Å². The van der Waals surface area contributed by atoms with Gasteiger partial charge in [0.05, 0.1) is 6.10 Å². The maximum Gasteiger partial charge on any atom is 0.169 e. The zero-order valence-electron chi connectivity index (χ0n) is 13.6. The molecule has 1 unspecified atom stereocenters. The van der Waals surface area contributed by atoms with Crippen LogP contribution >= 0.6 is 11.6 Å². The average Bonchev–Trinajstić information content (AvgIpc) is 2.63. The number of phenols is 1. The van der Waals surface area contributed by atoms with Crippen LogP contribution in [0.15, 0.2) is 72.8 Å². The summed E-state index contributed by atoms with van der Waals surface area (Å²) in [6, 6.07) is 21.8. The molecule has 3 aromatic carbocycles. The van der Waals surface area contributed by atoms with Gasteiger partial charge in [-0.3, -0.25) is 0 Å². The van der Waals surface area contributed by atoms with Gasteiger partial charge >= 0.3 is 0 Å². The summed E-state index contributed by atoms with van der Waals surface area (Å²) in [6.45, 7) is 0. The van der Waals surface area contributed by atoms with Crippen LogP contribution in [0.25, 0.3) is 0 Å². The van der Waals surface area contributed by atoms with E-state index in [1.54, 1.807) is 18.2 Å². The number of phenolic OH excluding ortho intramolecular Hbond substituents is 1. The zero-order valence-corrected chi connectivity index (χ0v) is 14.4. The van der Waals surface area contributed by atoms with Crippen molar-refractivity contribution < 1.29 is 14.9 Å². The number of rotatable bonds is 6. The number of aromatic hydroxyl groups is 1. The van der Waals surface area contributed by atoms with Crippen molar-refractivity contribution in [1.29, 1.82) is 0 Å². The highest BCUT2D eigenvalue weighted by Gasteiger charge is 2.12. The lowest BCUT2D eigenvalue weighted by atomic mass is 10.0. The van der Waals surface area contributed by atoms with Crippen LogP contribution in [0, 0.1) is 0 Å². The van der Waals surface area contributed by atoms with E-state index < -0.39 is 6.10 Å². The molecule has 0 radical (unpaired) electrons.